The molecule has 0 heterocycles. The minimum Gasteiger partial charge on any atom is -0.503 e. The fourth-order valence-corrected chi connectivity index (χ4v) is 2.31. The molecule has 1 fully saturated rings. The minimum atomic E-state index is -0.931. The molecule has 2 rings (SSSR count). The second kappa shape index (κ2) is 6.82. The van der Waals surface area contributed by atoms with E-state index in [-0.39, 0.29) is 0 Å². The van der Waals surface area contributed by atoms with Crippen molar-refractivity contribution in [3.8, 4) is 5.75 Å². The van der Waals surface area contributed by atoms with Crippen molar-refractivity contribution >= 4 is 0 Å². The Morgan fingerprint density at radius 2 is 1.84 bits per heavy atom. The molecule has 1 aliphatic carbocycles. The highest BCUT2D eigenvalue weighted by Crippen LogP contribution is 2.21. The van der Waals surface area contributed by atoms with E-state index in [2.05, 4.69) is 5.32 Å². The topological polar surface area (TPSA) is 41.5 Å². The third-order valence-corrected chi connectivity index (χ3v) is 3.34. The molecule has 1 aliphatic rings. The predicted molar refractivity (Wildman–Crippen MR) is 67.9 cm³/mol. The van der Waals surface area contributed by atoms with Crippen molar-refractivity contribution in [2.24, 2.45) is 0 Å². The van der Waals surface area contributed by atoms with Crippen LogP contribution in [0.2, 0.25) is 0 Å². The maximum absolute atomic E-state index is 13.1. The Hall–Kier alpha value is -1.20. The van der Waals surface area contributed by atoms with Gasteiger partial charge in [-0.25, -0.2) is 8.78 Å². The van der Waals surface area contributed by atoms with E-state index in [1.165, 1.54) is 12.8 Å². The summed E-state index contributed by atoms with van der Waals surface area (Å²) in [6.07, 6.45) is 5.13. The van der Waals surface area contributed by atoms with E-state index < -0.39 is 17.4 Å². The molecule has 1 aromatic carbocycles. The number of phenols is 1. The zero-order valence-electron chi connectivity index (χ0n) is 10.8. The van der Waals surface area contributed by atoms with Crippen molar-refractivity contribution in [3.63, 3.8) is 0 Å². The van der Waals surface area contributed by atoms with E-state index in [0.717, 1.165) is 25.0 Å². The van der Waals surface area contributed by atoms with Crippen molar-refractivity contribution in [1.82, 2.24) is 5.32 Å². The van der Waals surface area contributed by atoms with Gasteiger partial charge in [-0.2, -0.15) is 0 Å². The van der Waals surface area contributed by atoms with Gasteiger partial charge in [-0.05, 0) is 30.5 Å². The Balaban J connectivity index is 1.67. The SMILES string of the molecule is Oc1c(F)cc(CNCCOC2CCCC2)cc1F. The van der Waals surface area contributed by atoms with Crippen LogP contribution >= 0.6 is 0 Å². The Bertz CT molecular complexity index is 397. The van der Waals surface area contributed by atoms with Crippen molar-refractivity contribution in [2.45, 2.75) is 38.3 Å². The van der Waals surface area contributed by atoms with Gasteiger partial charge in [0, 0.05) is 13.1 Å². The first-order valence-corrected chi connectivity index (χ1v) is 6.66. The van der Waals surface area contributed by atoms with Gasteiger partial charge in [0.2, 0.25) is 0 Å². The molecule has 0 spiro atoms. The average Bonchev–Trinajstić information content (AvgIpc) is 2.88. The number of nitrogens with one attached hydrogen (secondary N) is 1. The van der Waals surface area contributed by atoms with Gasteiger partial charge in [-0.15, -0.1) is 0 Å². The van der Waals surface area contributed by atoms with Gasteiger partial charge in [0.1, 0.15) is 0 Å². The zero-order chi connectivity index (χ0) is 13.7. The van der Waals surface area contributed by atoms with Crippen molar-refractivity contribution in [3.05, 3.63) is 29.3 Å². The van der Waals surface area contributed by atoms with Crippen LogP contribution in [0, 0.1) is 11.6 Å². The fourth-order valence-electron chi connectivity index (χ4n) is 2.31. The summed E-state index contributed by atoms with van der Waals surface area (Å²) in [6.45, 7) is 1.59. The van der Waals surface area contributed by atoms with Crippen LogP contribution in [0.25, 0.3) is 0 Å². The van der Waals surface area contributed by atoms with Gasteiger partial charge >= 0.3 is 0 Å². The summed E-state index contributed by atoms with van der Waals surface area (Å²) < 4.78 is 31.8. The third-order valence-electron chi connectivity index (χ3n) is 3.34. The highest BCUT2D eigenvalue weighted by molar-refractivity contribution is 5.29. The fraction of sp³-hybridized carbons (Fsp3) is 0.571. The molecule has 0 atom stereocenters. The van der Waals surface area contributed by atoms with Gasteiger partial charge in [0.05, 0.1) is 12.7 Å². The highest BCUT2D eigenvalue weighted by Gasteiger charge is 2.14. The van der Waals surface area contributed by atoms with Crippen LogP contribution in [0.4, 0.5) is 8.78 Å². The van der Waals surface area contributed by atoms with E-state index in [0.29, 0.717) is 31.4 Å². The number of rotatable bonds is 6. The molecule has 3 nitrogen and oxygen atoms in total. The van der Waals surface area contributed by atoms with Crippen molar-refractivity contribution in [2.75, 3.05) is 13.2 Å². The number of halogens is 2. The van der Waals surface area contributed by atoms with Gasteiger partial charge in [-0.3, -0.25) is 0 Å². The largest absolute Gasteiger partial charge is 0.503 e. The Labute approximate surface area is 111 Å². The summed E-state index contributed by atoms with van der Waals surface area (Å²) in [5, 5.41) is 12.0. The lowest BCUT2D eigenvalue weighted by molar-refractivity contribution is 0.0602. The van der Waals surface area contributed by atoms with Crippen LogP contribution in [-0.2, 0) is 11.3 Å². The summed E-state index contributed by atoms with van der Waals surface area (Å²) in [7, 11) is 0. The lowest BCUT2D eigenvalue weighted by atomic mass is 10.2. The molecule has 0 aliphatic heterocycles. The summed E-state index contributed by atoms with van der Waals surface area (Å²) in [5.74, 6) is -2.79. The van der Waals surface area contributed by atoms with Crippen LogP contribution in [0.1, 0.15) is 31.2 Å². The number of hydrogen-bond donors (Lipinski definition) is 2. The Kier molecular flexibility index (Phi) is 5.10. The average molecular weight is 271 g/mol. The first-order chi connectivity index (χ1) is 9.16. The molecular weight excluding hydrogens is 252 g/mol. The lowest BCUT2D eigenvalue weighted by Gasteiger charge is -2.11. The monoisotopic (exact) mass is 271 g/mol. The molecule has 0 radical (unpaired) electrons. The van der Waals surface area contributed by atoms with Crippen LogP contribution in [0.5, 0.6) is 5.75 Å². The maximum atomic E-state index is 13.1. The van der Waals surface area contributed by atoms with Crippen molar-refractivity contribution < 1.29 is 18.6 Å². The molecule has 1 aromatic rings. The van der Waals surface area contributed by atoms with Gasteiger partial charge < -0.3 is 15.2 Å². The molecular formula is C14H19F2NO2. The number of hydrogen-bond acceptors (Lipinski definition) is 3. The molecule has 0 bridgehead atoms. The summed E-state index contributed by atoms with van der Waals surface area (Å²) >= 11 is 0. The molecule has 2 N–H and O–H groups in total. The predicted octanol–water partition coefficient (Wildman–Crippen LogP) is 2.72. The lowest BCUT2D eigenvalue weighted by Crippen LogP contribution is -2.22. The quantitative estimate of drug-likeness (QED) is 0.782. The molecule has 5 heteroatoms. The molecule has 1 saturated carbocycles. The van der Waals surface area contributed by atoms with E-state index in [9.17, 15) is 8.78 Å². The van der Waals surface area contributed by atoms with Gasteiger partial charge in [0.25, 0.3) is 0 Å². The normalized spacial score (nSPS) is 16.1. The first-order valence-electron chi connectivity index (χ1n) is 6.66. The van der Waals surface area contributed by atoms with Gasteiger partial charge in [0.15, 0.2) is 17.4 Å². The van der Waals surface area contributed by atoms with Gasteiger partial charge in [-0.1, -0.05) is 12.8 Å². The highest BCUT2D eigenvalue weighted by atomic mass is 19.1. The van der Waals surface area contributed by atoms with E-state index >= 15 is 0 Å². The number of aromatic hydroxyl groups is 1. The standard InChI is InChI=1S/C14H19F2NO2/c15-12-7-10(8-13(16)14(12)18)9-17-5-6-19-11-3-1-2-4-11/h7-8,11,17-18H,1-6,9H2. The minimum absolute atomic E-state index is 0.349. The van der Waals surface area contributed by atoms with E-state index in [1.807, 2.05) is 0 Å². The molecule has 106 valence electrons. The smallest absolute Gasteiger partial charge is 0.187 e. The van der Waals surface area contributed by atoms with Crippen LogP contribution in [0.15, 0.2) is 12.1 Å². The summed E-state index contributed by atoms with van der Waals surface area (Å²) in [5.41, 5.74) is 0.466. The first kappa shape index (κ1) is 14.2. The van der Waals surface area contributed by atoms with E-state index in [4.69, 9.17) is 9.84 Å². The summed E-state index contributed by atoms with van der Waals surface area (Å²) in [6, 6.07) is 2.26. The Morgan fingerprint density at radius 1 is 1.21 bits per heavy atom. The van der Waals surface area contributed by atoms with Crippen LogP contribution < -0.4 is 5.32 Å². The number of benzene rings is 1. The molecule has 0 amide bonds. The van der Waals surface area contributed by atoms with Crippen LogP contribution in [0.3, 0.4) is 0 Å². The summed E-state index contributed by atoms with van der Waals surface area (Å²) in [4.78, 5) is 0. The number of phenolic OH excluding ortho intramolecular Hbond substituents is 1. The van der Waals surface area contributed by atoms with E-state index in [1.54, 1.807) is 0 Å². The Morgan fingerprint density at radius 3 is 2.47 bits per heavy atom. The molecule has 0 aromatic heterocycles. The molecule has 0 unspecified atom stereocenters. The number of ether oxygens (including phenoxy) is 1. The molecule has 19 heavy (non-hydrogen) atoms. The second-order valence-electron chi connectivity index (χ2n) is 4.86. The third kappa shape index (κ3) is 4.14. The zero-order valence-corrected chi connectivity index (χ0v) is 10.8. The van der Waals surface area contributed by atoms with Crippen LogP contribution in [-0.4, -0.2) is 24.4 Å². The molecule has 0 saturated heterocycles. The maximum Gasteiger partial charge on any atom is 0.187 e. The van der Waals surface area contributed by atoms with Crippen molar-refractivity contribution in [1.29, 1.82) is 0 Å². The second-order valence-corrected chi connectivity index (χ2v) is 4.86.